The summed E-state index contributed by atoms with van der Waals surface area (Å²) in [5.74, 6) is 0. The van der Waals surface area contributed by atoms with Gasteiger partial charge in [0, 0.05) is 71.5 Å². The van der Waals surface area contributed by atoms with Gasteiger partial charge in [0.05, 0.1) is 16.9 Å². The van der Waals surface area contributed by atoms with Gasteiger partial charge in [-0.2, -0.15) is 5.10 Å². The zero-order chi connectivity index (χ0) is 26.0. The molecule has 0 unspecified atom stereocenters. The molecular weight excluding hydrogens is 482 g/mol. The second-order valence-electron chi connectivity index (χ2n) is 9.54. The number of pyridine rings is 3. The molecular formula is C32H25N7. The van der Waals surface area contributed by atoms with Crippen LogP contribution in [0, 0.1) is 0 Å². The van der Waals surface area contributed by atoms with E-state index in [9.17, 15) is 0 Å². The van der Waals surface area contributed by atoms with Crippen LogP contribution in [0.25, 0.3) is 55.6 Å². The van der Waals surface area contributed by atoms with Gasteiger partial charge in [0.25, 0.3) is 0 Å². The summed E-state index contributed by atoms with van der Waals surface area (Å²) in [6.45, 7) is 1.57. The molecule has 5 aromatic heterocycles. The first-order chi connectivity index (χ1) is 19.3. The number of hydrogen-bond donors (Lipinski definition) is 3. The molecule has 0 atom stereocenters. The van der Waals surface area contributed by atoms with Crippen LogP contribution in [0.2, 0.25) is 0 Å². The summed E-state index contributed by atoms with van der Waals surface area (Å²) in [6, 6.07) is 27.1. The third-order valence-corrected chi connectivity index (χ3v) is 6.95. The van der Waals surface area contributed by atoms with Crippen molar-refractivity contribution >= 4 is 21.8 Å². The second kappa shape index (κ2) is 9.96. The van der Waals surface area contributed by atoms with E-state index in [1.165, 1.54) is 5.56 Å². The Hall–Kier alpha value is -5.14. The third-order valence-electron chi connectivity index (χ3n) is 6.95. The molecule has 0 aliphatic carbocycles. The van der Waals surface area contributed by atoms with Gasteiger partial charge in [-0.05, 0) is 59.2 Å². The SMILES string of the molecule is c1ccc(CNCc2cncc(-c3ccc4[nH]nc(-c5cc6c(-c7ccncc7)nccc6[nH]5)c4c3)c2)cc1. The number of H-pyrrole nitrogens is 2. The molecule has 0 radical (unpaired) electrons. The molecule has 5 heterocycles. The normalized spacial score (nSPS) is 11.4. The summed E-state index contributed by atoms with van der Waals surface area (Å²) in [5, 5.41) is 13.5. The van der Waals surface area contributed by atoms with Crippen molar-refractivity contribution in [1.82, 2.24) is 35.5 Å². The van der Waals surface area contributed by atoms with Crippen LogP contribution in [0.15, 0.2) is 110 Å². The molecule has 39 heavy (non-hydrogen) atoms. The van der Waals surface area contributed by atoms with Gasteiger partial charge in [0.1, 0.15) is 5.69 Å². The largest absolute Gasteiger partial charge is 0.353 e. The molecule has 0 saturated carbocycles. The van der Waals surface area contributed by atoms with E-state index in [0.717, 1.165) is 74.2 Å². The van der Waals surface area contributed by atoms with Crippen LogP contribution in [-0.2, 0) is 13.1 Å². The maximum Gasteiger partial charge on any atom is 0.116 e. The second-order valence-corrected chi connectivity index (χ2v) is 9.54. The summed E-state index contributed by atoms with van der Waals surface area (Å²) in [5.41, 5.74) is 10.3. The Morgan fingerprint density at radius 2 is 1.46 bits per heavy atom. The topological polar surface area (TPSA) is 95.2 Å². The van der Waals surface area contributed by atoms with E-state index in [1.807, 2.05) is 42.9 Å². The average molecular weight is 508 g/mol. The molecule has 0 bridgehead atoms. The minimum Gasteiger partial charge on any atom is -0.353 e. The van der Waals surface area contributed by atoms with Crippen LogP contribution in [0.1, 0.15) is 11.1 Å². The molecule has 7 heteroatoms. The summed E-state index contributed by atoms with van der Waals surface area (Å²) >= 11 is 0. The van der Waals surface area contributed by atoms with Crippen molar-refractivity contribution in [3.63, 3.8) is 0 Å². The van der Waals surface area contributed by atoms with Crippen LogP contribution < -0.4 is 5.32 Å². The highest BCUT2D eigenvalue weighted by atomic mass is 15.1. The van der Waals surface area contributed by atoms with Gasteiger partial charge >= 0.3 is 0 Å². The number of fused-ring (bicyclic) bond motifs is 2. The standard InChI is InChI=1S/C32H25N7/c1-2-4-21(5-3-1)17-34-18-22-14-25(20-35-19-22)24-6-7-29-26(15-24)32(39-38-29)30-16-27-28(37-30)10-13-36-31(27)23-8-11-33-12-9-23/h1-16,19-20,34,37H,17-18H2,(H,38,39). The van der Waals surface area contributed by atoms with Crippen molar-refractivity contribution in [2.45, 2.75) is 13.1 Å². The lowest BCUT2D eigenvalue weighted by atomic mass is 10.0. The van der Waals surface area contributed by atoms with Gasteiger partial charge in [0.15, 0.2) is 0 Å². The Bertz CT molecular complexity index is 1890. The lowest BCUT2D eigenvalue weighted by Crippen LogP contribution is -2.12. The van der Waals surface area contributed by atoms with Crippen molar-refractivity contribution in [1.29, 1.82) is 0 Å². The molecule has 0 saturated heterocycles. The molecule has 7 rings (SSSR count). The molecule has 0 spiro atoms. The van der Waals surface area contributed by atoms with Crippen molar-refractivity contribution in [2.24, 2.45) is 0 Å². The Morgan fingerprint density at radius 1 is 0.615 bits per heavy atom. The van der Waals surface area contributed by atoms with Gasteiger partial charge in [0.2, 0.25) is 0 Å². The van der Waals surface area contributed by atoms with Crippen molar-refractivity contribution in [2.75, 3.05) is 0 Å². The molecule has 0 aliphatic heterocycles. The Balaban J connectivity index is 1.20. The zero-order valence-corrected chi connectivity index (χ0v) is 21.1. The number of rotatable bonds is 7. The Kier molecular flexibility index (Phi) is 5.88. The summed E-state index contributed by atoms with van der Waals surface area (Å²) in [6.07, 6.45) is 9.23. The molecule has 188 valence electrons. The monoisotopic (exact) mass is 507 g/mol. The van der Waals surface area contributed by atoms with Gasteiger partial charge < -0.3 is 10.3 Å². The number of benzene rings is 2. The fourth-order valence-electron chi connectivity index (χ4n) is 5.01. The maximum absolute atomic E-state index is 4.67. The first-order valence-corrected chi connectivity index (χ1v) is 12.9. The Morgan fingerprint density at radius 3 is 2.36 bits per heavy atom. The van der Waals surface area contributed by atoms with Gasteiger partial charge in [-0.1, -0.05) is 36.4 Å². The van der Waals surface area contributed by atoms with Crippen LogP contribution in [0.3, 0.4) is 0 Å². The fraction of sp³-hybridized carbons (Fsp3) is 0.0625. The lowest BCUT2D eigenvalue weighted by Gasteiger charge is -2.08. The third kappa shape index (κ3) is 4.56. The first kappa shape index (κ1) is 23.0. The Labute approximate surface area is 225 Å². The maximum atomic E-state index is 4.67. The van der Waals surface area contributed by atoms with Gasteiger partial charge in [-0.25, -0.2) is 0 Å². The van der Waals surface area contributed by atoms with E-state index < -0.39 is 0 Å². The number of nitrogens with one attached hydrogen (secondary N) is 3. The van der Waals surface area contributed by atoms with Crippen LogP contribution >= 0.6 is 0 Å². The number of aromatic nitrogens is 6. The summed E-state index contributed by atoms with van der Waals surface area (Å²) in [4.78, 5) is 16.9. The van der Waals surface area contributed by atoms with E-state index >= 15 is 0 Å². The van der Waals surface area contributed by atoms with E-state index in [4.69, 9.17) is 0 Å². The van der Waals surface area contributed by atoms with Gasteiger partial charge in [-0.15, -0.1) is 0 Å². The highest BCUT2D eigenvalue weighted by Crippen LogP contribution is 2.34. The highest BCUT2D eigenvalue weighted by molar-refractivity contribution is 6.00. The van der Waals surface area contributed by atoms with Crippen LogP contribution in [0.4, 0.5) is 0 Å². The van der Waals surface area contributed by atoms with Crippen LogP contribution in [-0.4, -0.2) is 30.1 Å². The smallest absolute Gasteiger partial charge is 0.116 e. The first-order valence-electron chi connectivity index (χ1n) is 12.9. The van der Waals surface area contributed by atoms with E-state index in [1.54, 1.807) is 12.4 Å². The number of hydrogen-bond acceptors (Lipinski definition) is 5. The molecule has 3 N–H and O–H groups in total. The zero-order valence-electron chi connectivity index (χ0n) is 21.1. The molecule has 7 nitrogen and oxygen atoms in total. The van der Waals surface area contributed by atoms with Crippen molar-refractivity contribution < 1.29 is 0 Å². The molecule has 0 amide bonds. The van der Waals surface area contributed by atoms with Gasteiger partial charge in [-0.3, -0.25) is 20.1 Å². The van der Waals surface area contributed by atoms with Crippen molar-refractivity contribution in [3.05, 3.63) is 121 Å². The van der Waals surface area contributed by atoms with E-state index in [2.05, 4.69) is 90.0 Å². The molecule has 7 aromatic rings. The minimum absolute atomic E-state index is 0.748. The molecule has 2 aromatic carbocycles. The predicted octanol–water partition coefficient (Wildman–Crippen LogP) is 6.52. The predicted molar refractivity (Wildman–Crippen MR) is 155 cm³/mol. The fourth-order valence-corrected chi connectivity index (χ4v) is 5.01. The lowest BCUT2D eigenvalue weighted by molar-refractivity contribution is 0.691. The summed E-state index contributed by atoms with van der Waals surface area (Å²) < 4.78 is 0. The van der Waals surface area contributed by atoms with E-state index in [-0.39, 0.29) is 0 Å². The minimum atomic E-state index is 0.748. The molecule has 0 aliphatic rings. The molecule has 0 fully saturated rings. The number of aromatic amines is 2. The van der Waals surface area contributed by atoms with E-state index in [0.29, 0.717) is 0 Å². The summed E-state index contributed by atoms with van der Waals surface area (Å²) in [7, 11) is 0. The highest BCUT2D eigenvalue weighted by Gasteiger charge is 2.15. The number of nitrogens with zero attached hydrogens (tertiary/aromatic N) is 4. The average Bonchev–Trinajstić information content (AvgIpc) is 3.62. The quantitative estimate of drug-likeness (QED) is 0.228. The van der Waals surface area contributed by atoms with Crippen LogP contribution in [0.5, 0.6) is 0 Å². The van der Waals surface area contributed by atoms with Crippen molar-refractivity contribution in [3.8, 4) is 33.8 Å².